The van der Waals surface area contributed by atoms with Crippen LogP contribution in [0.4, 0.5) is 0 Å². The Morgan fingerprint density at radius 2 is 1.96 bits per heavy atom. The first kappa shape index (κ1) is 16.8. The summed E-state index contributed by atoms with van der Waals surface area (Å²) in [7, 11) is 0. The van der Waals surface area contributed by atoms with Gasteiger partial charge in [-0.15, -0.1) is 0 Å². The van der Waals surface area contributed by atoms with Gasteiger partial charge in [-0.3, -0.25) is 4.79 Å². The van der Waals surface area contributed by atoms with Crippen LogP contribution in [0, 0.1) is 0 Å². The molecule has 0 unspecified atom stereocenters. The molecule has 1 aromatic rings. The van der Waals surface area contributed by atoms with Gasteiger partial charge in [0, 0.05) is 13.1 Å². The molecule has 1 amide bonds. The molecule has 2 heterocycles. The highest BCUT2D eigenvalue weighted by Gasteiger charge is 2.29. The lowest BCUT2D eigenvalue weighted by Gasteiger charge is -2.34. The lowest BCUT2D eigenvalue weighted by molar-refractivity contribution is -0.140. The first-order chi connectivity index (χ1) is 11.7. The number of morpholine rings is 1. The molecule has 1 fully saturated rings. The Bertz CT molecular complexity index is 584. The molecular weight excluding hydrogens is 306 g/mol. The zero-order chi connectivity index (χ0) is 16.8. The lowest BCUT2D eigenvalue weighted by atomic mass is 10.0. The standard InChI is InChI=1S/C19H25NO4/c1-15-18(24-13-12-22-15)19(21)20-10-11-23-17(14-20)9-5-8-16-6-3-2-4-7-16/h2-4,6-7,17H,5,8-14H2,1H3/t17-/m1/s1. The predicted molar refractivity (Wildman–Crippen MR) is 90.3 cm³/mol. The number of aryl methyl sites for hydroxylation is 1. The van der Waals surface area contributed by atoms with E-state index in [0.717, 1.165) is 19.3 Å². The maximum Gasteiger partial charge on any atom is 0.292 e. The third-order valence-electron chi connectivity index (χ3n) is 4.42. The van der Waals surface area contributed by atoms with Crippen molar-refractivity contribution in [3.05, 3.63) is 47.4 Å². The normalized spacial score (nSPS) is 21.2. The summed E-state index contributed by atoms with van der Waals surface area (Å²) in [5, 5.41) is 0. The smallest absolute Gasteiger partial charge is 0.292 e. The molecule has 1 aromatic carbocycles. The van der Waals surface area contributed by atoms with Gasteiger partial charge >= 0.3 is 0 Å². The number of carbonyl (C=O) groups is 1. The zero-order valence-corrected chi connectivity index (χ0v) is 14.2. The molecule has 0 aromatic heterocycles. The fraction of sp³-hybridized carbons (Fsp3) is 0.526. The summed E-state index contributed by atoms with van der Waals surface area (Å²) in [5.41, 5.74) is 1.34. The SMILES string of the molecule is CC1=C(C(=O)N2CCO[C@H](CCCc3ccccc3)C2)OCCO1. The monoisotopic (exact) mass is 331 g/mol. The van der Waals surface area contributed by atoms with Crippen molar-refractivity contribution in [1.82, 2.24) is 4.90 Å². The van der Waals surface area contributed by atoms with E-state index in [1.165, 1.54) is 5.56 Å². The number of allylic oxidation sites excluding steroid dienone is 1. The number of hydrogen-bond acceptors (Lipinski definition) is 4. The number of carbonyl (C=O) groups excluding carboxylic acids is 1. The van der Waals surface area contributed by atoms with Crippen LogP contribution < -0.4 is 0 Å². The molecule has 0 saturated carbocycles. The van der Waals surface area contributed by atoms with Crippen molar-refractivity contribution >= 4 is 5.91 Å². The van der Waals surface area contributed by atoms with E-state index in [-0.39, 0.29) is 12.0 Å². The summed E-state index contributed by atoms with van der Waals surface area (Å²) in [6, 6.07) is 10.5. The quantitative estimate of drug-likeness (QED) is 0.832. The maximum absolute atomic E-state index is 12.6. The van der Waals surface area contributed by atoms with E-state index in [1.807, 2.05) is 11.0 Å². The van der Waals surface area contributed by atoms with Crippen molar-refractivity contribution in [2.24, 2.45) is 0 Å². The van der Waals surface area contributed by atoms with Crippen LogP contribution in [0.25, 0.3) is 0 Å². The summed E-state index contributed by atoms with van der Waals surface area (Å²) in [6.07, 6.45) is 3.14. The summed E-state index contributed by atoms with van der Waals surface area (Å²) < 4.78 is 16.7. The minimum atomic E-state index is -0.0800. The van der Waals surface area contributed by atoms with Crippen LogP contribution in [-0.2, 0) is 25.4 Å². The molecule has 0 spiro atoms. The molecule has 2 aliphatic rings. The van der Waals surface area contributed by atoms with Crippen molar-refractivity contribution in [3.63, 3.8) is 0 Å². The highest BCUT2D eigenvalue weighted by atomic mass is 16.6. The third kappa shape index (κ3) is 4.29. The number of amides is 1. The van der Waals surface area contributed by atoms with Crippen LogP contribution in [0.2, 0.25) is 0 Å². The minimum absolute atomic E-state index is 0.0800. The summed E-state index contributed by atoms with van der Waals surface area (Å²) in [6.45, 7) is 4.53. The summed E-state index contributed by atoms with van der Waals surface area (Å²) in [4.78, 5) is 14.4. The van der Waals surface area contributed by atoms with Crippen molar-refractivity contribution in [2.75, 3.05) is 32.9 Å². The van der Waals surface area contributed by atoms with Crippen LogP contribution in [0.3, 0.4) is 0 Å². The van der Waals surface area contributed by atoms with Crippen LogP contribution in [0.1, 0.15) is 25.3 Å². The van der Waals surface area contributed by atoms with Gasteiger partial charge in [0.2, 0.25) is 5.76 Å². The first-order valence-corrected chi connectivity index (χ1v) is 8.65. The van der Waals surface area contributed by atoms with Crippen LogP contribution in [0.15, 0.2) is 41.9 Å². The molecule has 0 N–H and O–H groups in total. The van der Waals surface area contributed by atoms with Crippen molar-refractivity contribution in [2.45, 2.75) is 32.3 Å². The van der Waals surface area contributed by atoms with E-state index in [0.29, 0.717) is 44.4 Å². The first-order valence-electron chi connectivity index (χ1n) is 8.65. The lowest BCUT2D eigenvalue weighted by Crippen LogP contribution is -2.47. The molecule has 1 atom stereocenters. The second kappa shape index (κ2) is 8.20. The van der Waals surface area contributed by atoms with E-state index >= 15 is 0 Å². The zero-order valence-electron chi connectivity index (χ0n) is 14.2. The van der Waals surface area contributed by atoms with Gasteiger partial charge in [-0.2, -0.15) is 0 Å². The largest absolute Gasteiger partial charge is 0.491 e. The van der Waals surface area contributed by atoms with E-state index in [1.54, 1.807) is 6.92 Å². The van der Waals surface area contributed by atoms with Gasteiger partial charge in [0.25, 0.3) is 5.91 Å². The van der Waals surface area contributed by atoms with Gasteiger partial charge in [0.1, 0.15) is 19.0 Å². The Labute approximate surface area is 143 Å². The van der Waals surface area contributed by atoms with E-state index in [9.17, 15) is 4.79 Å². The van der Waals surface area contributed by atoms with Gasteiger partial charge in [-0.25, -0.2) is 0 Å². The Morgan fingerprint density at radius 1 is 1.17 bits per heavy atom. The van der Waals surface area contributed by atoms with Gasteiger partial charge in [-0.05, 0) is 31.7 Å². The van der Waals surface area contributed by atoms with Crippen molar-refractivity contribution in [1.29, 1.82) is 0 Å². The Hall–Kier alpha value is -2.01. The topological polar surface area (TPSA) is 48.0 Å². The van der Waals surface area contributed by atoms with E-state index in [4.69, 9.17) is 14.2 Å². The molecule has 0 radical (unpaired) electrons. The minimum Gasteiger partial charge on any atom is -0.491 e. The number of benzene rings is 1. The van der Waals surface area contributed by atoms with Gasteiger partial charge in [0.05, 0.1) is 12.7 Å². The Balaban J connectivity index is 1.50. The maximum atomic E-state index is 12.6. The summed E-state index contributed by atoms with van der Waals surface area (Å²) >= 11 is 0. The molecule has 130 valence electrons. The molecule has 1 saturated heterocycles. The van der Waals surface area contributed by atoms with E-state index in [2.05, 4.69) is 24.3 Å². The number of rotatable bonds is 5. The number of nitrogens with zero attached hydrogens (tertiary/aromatic N) is 1. The predicted octanol–water partition coefficient (Wildman–Crippen LogP) is 2.52. The highest BCUT2D eigenvalue weighted by Crippen LogP contribution is 2.19. The van der Waals surface area contributed by atoms with Gasteiger partial charge in [-0.1, -0.05) is 30.3 Å². The van der Waals surface area contributed by atoms with Crippen molar-refractivity contribution < 1.29 is 19.0 Å². The number of hydrogen-bond donors (Lipinski definition) is 0. The average molecular weight is 331 g/mol. The summed E-state index contributed by atoms with van der Waals surface area (Å²) in [5.74, 6) is 0.855. The third-order valence-corrected chi connectivity index (χ3v) is 4.42. The van der Waals surface area contributed by atoms with Crippen LogP contribution >= 0.6 is 0 Å². The number of ether oxygens (including phenoxy) is 3. The Morgan fingerprint density at radius 3 is 2.75 bits per heavy atom. The van der Waals surface area contributed by atoms with Crippen LogP contribution in [-0.4, -0.2) is 49.8 Å². The van der Waals surface area contributed by atoms with Crippen LogP contribution in [0.5, 0.6) is 0 Å². The fourth-order valence-corrected chi connectivity index (χ4v) is 3.12. The second-order valence-electron chi connectivity index (χ2n) is 6.20. The molecule has 0 bridgehead atoms. The molecule has 5 nitrogen and oxygen atoms in total. The van der Waals surface area contributed by atoms with Gasteiger partial charge in [0.15, 0.2) is 0 Å². The molecule has 5 heteroatoms. The van der Waals surface area contributed by atoms with Crippen molar-refractivity contribution in [3.8, 4) is 0 Å². The highest BCUT2D eigenvalue weighted by molar-refractivity contribution is 5.92. The fourth-order valence-electron chi connectivity index (χ4n) is 3.12. The molecule has 24 heavy (non-hydrogen) atoms. The van der Waals surface area contributed by atoms with E-state index < -0.39 is 0 Å². The molecule has 2 aliphatic heterocycles. The molecular formula is C19H25NO4. The average Bonchev–Trinajstić information content (AvgIpc) is 2.63. The van der Waals surface area contributed by atoms with Gasteiger partial charge < -0.3 is 19.1 Å². The molecule has 3 rings (SSSR count). The second-order valence-corrected chi connectivity index (χ2v) is 6.20. The Kier molecular flexibility index (Phi) is 5.75. The molecule has 0 aliphatic carbocycles.